The number of rotatable bonds is 4. The standard InChI is InChI=1S/C22H24N2O2/c1-13-6-8-20-18(11-13)19(12-15(3)23-20)22(25)24-16(4)17-10-14(2)7-9-21(17)26-5/h6-12,16H,1-5H3,(H,24,25). The Labute approximate surface area is 154 Å². The van der Waals surface area contributed by atoms with Gasteiger partial charge in [0.1, 0.15) is 5.75 Å². The Kier molecular flexibility index (Phi) is 4.94. The monoisotopic (exact) mass is 348 g/mol. The minimum atomic E-state index is -0.175. The van der Waals surface area contributed by atoms with Crippen molar-refractivity contribution in [2.45, 2.75) is 33.7 Å². The Hall–Kier alpha value is -2.88. The van der Waals surface area contributed by atoms with Gasteiger partial charge in [0.25, 0.3) is 5.91 Å². The van der Waals surface area contributed by atoms with Crippen LogP contribution in [-0.4, -0.2) is 18.0 Å². The van der Waals surface area contributed by atoms with Crippen molar-refractivity contribution < 1.29 is 9.53 Å². The molecule has 1 amide bonds. The first kappa shape index (κ1) is 17.9. The summed E-state index contributed by atoms with van der Waals surface area (Å²) in [6.07, 6.45) is 0. The fourth-order valence-corrected chi connectivity index (χ4v) is 3.20. The second-order valence-electron chi connectivity index (χ2n) is 6.77. The van der Waals surface area contributed by atoms with E-state index < -0.39 is 0 Å². The number of aryl methyl sites for hydroxylation is 3. The summed E-state index contributed by atoms with van der Waals surface area (Å²) in [5.74, 6) is 0.664. The van der Waals surface area contributed by atoms with Gasteiger partial charge in [-0.25, -0.2) is 0 Å². The molecule has 0 fully saturated rings. The third-order valence-corrected chi connectivity index (χ3v) is 4.54. The molecule has 4 nitrogen and oxygen atoms in total. The molecule has 0 aliphatic carbocycles. The van der Waals surface area contributed by atoms with E-state index >= 15 is 0 Å². The zero-order valence-electron chi connectivity index (χ0n) is 15.9. The molecular formula is C22H24N2O2. The number of amides is 1. The SMILES string of the molecule is COc1ccc(C)cc1C(C)NC(=O)c1cc(C)nc2ccc(C)cc12. The van der Waals surface area contributed by atoms with Gasteiger partial charge in [-0.3, -0.25) is 9.78 Å². The van der Waals surface area contributed by atoms with Gasteiger partial charge in [0.15, 0.2) is 0 Å². The number of ether oxygens (including phenoxy) is 1. The van der Waals surface area contributed by atoms with E-state index in [4.69, 9.17) is 4.74 Å². The normalized spacial score (nSPS) is 12.0. The number of nitrogens with one attached hydrogen (secondary N) is 1. The molecule has 0 bridgehead atoms. The summed E-state index contributed by atoms with van der Waals surface area (Å²) < 4.78 is 5.45. The van der Waals surface area contributed by atoms with Crippen molar-refractivity contribution in [3.8, 4) is 5.75 Å². The Morgan fingerprint density at radius 1 is 1.04 bits per heavy atom. The van der Waals surface area contributed by atoms with Crippen molar-refractivity contribution >= 4 is 16.8 Å². The Morgan fingerprint density at radius 3 is 2.46 bits per heavy atom. The summed E-state index contributed by atoms with van der Waals surface area (Å²) >= 11 is 0. The topological polar surface area (TPSA) is 51.2 Å². The van der Waals surface area contributed by atoms with Crippen LogP contribution >= 0.6 is 0 Å². The first-order valence-electron chi connectivity index (χ1n) is 8.72. The van der Waals surface area contributed by atoms with Gasteiger partial charge in [0, 0.05) is 16.6 Å². The van der Waals surface area contributed by atoms with Crippen LogP contribution in [0.2, 0.25) is 0 Å². The smallest absolute Gasteiger partial charge is 0.252 e. The number of carbonyl (C=O) groups excluding carboxylic acids is 1. The second-order valence-corrected chi connectivity index (χ2v) is 6.77. The number of methoxy groups -OCH3 is 1. The van der Waals surface area contributed by atoms with Gasteiger partial charge in [-0.05, 0) is 52.0 Å². The maximum atomic E-state index is 13.0. The number of fused-ring (bicyclic) bond motifs is 1. The van der Waals surface area contributed by atoms with Gasteiger partial charge in [-0.15, -0.1) is 0 Å². The molecule has 4 heteroatoms. The van der Waals surface area contributed by atoms with Gasteiger partial charge >= 0.3 is 0 Å². The lowest BCUT2D eigenvalue weighted by Crippen LogP contribution is -2.27. The van der Waals surface area contributed by atoms with Gasteiger partial charge in [0.05, 0.1) is 24.2 Å². The molecule has 1 atom stereocenters. The Bertz CT molecular complexity index is 979. The van der Waals surface area contributed by atoms with E-state index in [-0.39, 0.29) is 11.9 Å². The summed E-state index contributed by atoms with van der Waals surface area (Å²) in [6.45, 7) is 7.92. The van der Waals surface area contributed by atoms with Crippen molar-refractivity contribution in [2.75, 3.05) is 7.11 Å². The third-order valence-electron chi connectivity index (χ3n) is 4.54. The molecule has 0 spiro atoms. The summed E-state index contributed by atoms with van der Waals surface area (Å²) in [5.41, 5.74) is 5.50. The largest absolute Gasteiger partial charge is 0.496 e. The molecule has 0 saturated heterocycles. The number of hydrogen-bond donors (Lipinski definition) is 1. The second kappa shape index (κ2) is 7.16. The molecule has 1 unspecified atom stereocenters. The van der Waals surface area contributed by atoms with Gasteiger partial charge in [-0.1, -0.05) is 29.3 Å². The maximum absolute atomic E-state index is 13.0. The molecule has 0 aliphatic rings. The van der Waals surface area contributed by atoms with Crippen LogP contribution < -0.4 is 10.1 Å². The van der Waals surface area contributed by atoms with Crippen LogP contribution in [0.5, 0.6) is 5.75 Å². The summed E-state index contributed by atoms with van der Waals surface area (Å²) in [4.78, 5) is 17.5. The molecule has 1 N–H and O–H groups in total. The summed E-state index contributed by atoms with van der Waals surface area (Å²) in [7, 11) is 1.64. The van der Waals surface area contributed by atoms with Crippen molar-refractivity contribution in [3.05, 3.63) is 70.4 Å². The minimum absolute atomic E-state index is 0.109. The molecule has 26 heavy (non-hydrogen) atoms. The number of carbonyl (C=O) groups is 1. The van der Waals surface area contributed by atoms with Crippen LogP contribution in [0.15, 0.2) is 42.5 Å². The highest BCUT2D eigenvalue weighted by molar-refractivity contribution is 6.06. The van der Waals surface area contributed by atoms with Crippen LogP contribution in [0.25, 0.3) is 10.9 Å². The number of nitrogens with zero attached hydrogens (tertiary/aromatic N) is 1. The molecule has 0 aliphatic heterocycles. The first-order valence-corrected chi connectivity index (χ1v) is 8.72. The average Bonchev–Trinajstić information content (AvgIpc) is 2.61. The lowest BCUT2D eigenvalue weighted by atomic mass is 10.0. The lowest BCUT2D eigenvalue weighted by molar-refractivity contribution is 0.0941. The summed E-state index contributed by atoms with van der Waals surface area (Å²) in [5, 5.41) is 3.98. The molecule has 3 aromatic rings. The number of pyridine rings is 1. The number of hydrogen-bond acceptors (Lipinski definition) is 3. The molecule has 134 valence electrons. The zero-order valence-corrected chi connectivity index (χ0v) is 15.9. The highest BCUT2D eigenvalue weighted by Crippen LogP contribution is 2.27. The zero-order chi connectivity index (χ0) is 18.8. The first-order chi connectivity index (χ1) is 12.4. The minimum Gasteiger partial charge on any atom is -0.496 e. The molecule has 2 aromatic carbocycles. The fraction of sp³-hybridized carbons (Fsp3) is 0.273. The predicted molar refractivity (Wildman–Crippen MR) is 105 cm³/mol. The molecule has 0 radical (unpaired) electrons. The van der Waals surface area contributed by atoms with E-state index in [0.717, 1.165) is 39.0 Å². The van der Waals surface area contributed by atoms with Crippen molar-refractivity contribution in [2.24, 2.45) is 0 Å². The third kappa shape index (κ3) is 3.54. The van der Waals surface area contributed by atoms with E-state index in [1.54, 1.807) is 7.11 Å². The maximum Gasteiger partial charge on any atom is 0.252 e. The molecule has 1 heterocycles. The van der Waals surface area contributed by atoms with Crippen LogP contribution in [0, 0.1) is 20.8 Å². The van der Waals surface area contributed by atoms with E-state index in [0.29, 0.717) is 5.56 Å². The van der Waals surface area contributed by atoms with Crippen molar-refractivity contribution in [1.82, 2.24) is 10.3 Å². The fourth-order valence-electron chi connectivity index (χ4n) is 3.20. The van der Waals surface area contributed by atoms with Crippen LogP contribution in [0.3, 0.4) is 0 Å². The predicted octanol–water partition coefficient (Wildman–Crippen LogP) is 4.66. The molecule has 1 aromatic heterocycles. The van der Waals surface area contributed by atoms with Gasteiger partial charge in [0.2, 0.25) is 0 Å². The number of benzene rings is 2. The van der Waals surface area contributed by atoms with E-state index in [2.05, 4.69) is 10.3 Å². The van der Waals surface area contributed by atoms with Gasteiger partial charge in [-0.2, -0.15) is 0 Å². The van der Waals surface area contributed by atoms with Crippen molar-refractivity contribution in [3.63, 3.8) is 0 Å². The van der Waals surface area contributed by atoms with E-state index in [1.165, 1.54) is 0 Å². The van der Waals surface area contributed by atoms with Crippen LogP contribution in [0.4, 0.5) is 0 Å². The molecular weight excluding hydrogens is 324 g/mol. The Morgan fingerprint density at radius 2 is 1.73 bits per heavy atom. The molecule has 3 rings (SSSR count). The average molecular weight is 348 g/mol. The van der Waals surface area contributed by atoms with Gasteiger partial charge < -0.3 is 10.1 Å². The number of aromatic nitrogens is 1. The van der Waals surface area contributed by atoms with Crippen LogP contribution in [0.1, 0.15) is 45.7 Å². The highest BCUT2D eigenvalue weighted by atomic mass is 16.5. The van der Waals surface area contributed by atoms with Crippen LogP contribution in [-0.2, 0) is 0 Å². The quantitative estimate of drug-likeness (QED) is 0.746. The van der Waals surface area contributed by atoms with E-state index in [1.807, 2.05) is 70.2 Å². The Balaban J connectivity index is 1.97. The highest BCUT2D eigenvalue weighted by Gasteiger charge is 2.18. The summed E-state index contributed by atoms with van der Waals surface area (Å²) in [6, 6.07) is 13.6. The van der Waals surface area contributed by atoms with E-state index in [9.17, 15) is 4.79 Å². The molecule has 0 saturated carbocycles. The lowest BCUT2D eigenvalue weighted by Gasteiger charge is -2.19. The van der Waals surface area contributed by atoms with Crippen molar-refractivity contribution in [1.29, 1.82) is 0 Å².